The fourth-order valence-corrected chi connectivity index (χ4v) is 5.41. The molecule has 0 aliphatic heterocycles. The molecule has 0 spiro atoms. The zero-order valence-corrected chi connectivity index (χ0v) is 11.6. The number of hydrogen-bond acceptors (Lipinski definition) is 1. The Morgan fingerprint density at radius 2 is 1.47 bits per heavy atom. The second-order valence-electron chi connectivity index (χ2n) is 7.57. The zero-order valence-electron chi connectivity index (χ0n) is 11.6. The van der Waals surface area contributed by atoms with Crippen molar-refractivity contribution in [1.82, 2.24) is 0 Å². The minimum absolute atomic E-state index is 0.775. The molecule has 1 atom stereocenters. The fourth-order valence-electron chi connectivity index (χ4n) is 5.41. The minimum Gasteiger partial charge on any atom is -0.330 e. The van der Waals surface area contributed by atoms with Gasteiger partial charge in [-0.15, -0.1) is 0 Å². The van der Waals surface area contributed by atoms with E-state index in [1.54, 1.807) is 32.1 Å². The SMILES string of the molecule is CC(C)C(CN)CC1C2CC3CC(C2)CC1C3. The van der Waals surface area contributed by atoms with E-state index in [-0.39, 0.29) is 0 Å². The molecule has 17 heavy (non-hydrogen) atoms. The van der Waals surface area contributed by atoms with Crippen LogP contribution in [0.1, 0.15) is 52.4 Å². The highest BCUT2D eigenvalue weighted by molar-refractivity contribution is 4.98. The van der Waals surface area contributed by atoms with Crippen LogP contribution in [0.3, 0.4) is 0 Å². The van der Waals surface area contributed by atoms with Crippen LogP contribution < -0.4 is 5.73 Å². The lowest BCUT2D eigenvalue weighted by Gasteiger charge is -2.55. The molecule has 4 rings (SSSR count). The van der Waals surface area contributed by atoms with Crippen molar-refractivity contribution < 1.29 is 0 Å². The quantitative estimate of drug-likeness (QED) is 0.790. The van der Waals surface area contributed by atoms with Gasteiger partial charge in [0.1, 0.15) is 0 Å². The molecule has 0 amide bonds. The number of rotatable bonds is 4. The van der Waals surface area contributed by atoms with Crippen LogP contribution in [0.5, 0.6) is 0 Å². The molecule has 4 aliphatic carbocycles. The van der Waals surface area contributed by atoms with Crippen LogP contribution in [0.2, 0.25) is 0 Å². The third kappa shape index (κ3) is 2.16. The van der Waals surface area contributed by atoms with Gasteiger partial charge in [0.15, 0.2) is 0 Å². The van der Waals surface area contributed by atoms with E-state index < -0.39 is 0 Å². The summed E-state index contributed by atoms with van der Waals surface area (Å²) < 4.78 is 0. The highest BCUT2D eigenvalue weighted by atomic mass is 14.6. The van der Waals surface area contributed by atoms with E-state index in [0.29, 0.717) is 0 Å². The van der Waals surface area contributed by atoms with Gasteiger partial charge in [-0.1, -0.05) is 13.8 Å². The third-order valence-corrected chi connectivity index (χ3v) is 6.24. The highest BCUT2D eigenvalue weighted by Gasteiger charge is 2.48. The van der Waals surface area contributed by atoms with Gasteiger partial charge >= 0.3 is 0 Å². The first-order valence-corrected chi connectivity index (χ1v) is 7.87. The smallest absolute Gasteiger partial charge is 0.00463 e. The zero-order chi connectivity index (χ0) is 12.0. The molecule has 4 saturated carbocycles. The van der Waals surface area contributed by atoms with Gasteiger partial charge < -0.3 is 5.73 Å². The molecule has 1 unspecified atom stereocenters. The maximum Gasteiger partial charge on any atom is -0.00463 e. The maximum absolute atomic E-state index is 5.98. The molecule has 0 aromatic heterocycles. The van der Waals surface area contributed by atoms with Crippen molar-refractivity contribution in [1.29, 1.82) is 0 Å². The van der Waals surface area contributed by atoms with E-state index in [9.17, 15) is 0 Å². The van der Waals surface area contributed by atoms with Gasteiger partial charge in [0, 0.05) is 0 Å². The third-order valence-electron chi connectivity index (χ3n) is 6.24. The van der Waals surface area contributed by atoms with Gasteiger partial charge in [-0.2, -0.15) is 0 Å². The fraction of sp³-hybridized carbons (Fsp3) is 1.00. The predicted octanol–water partition coefficient (Wildman–Crippen LogP) is 3.68. The van der Waals surface area contributed by atoms with E-state index in [1.807, 2.05) is 0 Å². The summed E-state index contributed by atoms with van der Waals surface area (Å²) in [7, 11) is 0. The van der Waals surface area contributed by atoms with Crippen molar-refractivity contribution in [3.63, 3.8) is 0 Å². The Labute approximate surface area is 107 Å². The Balaban J connectivity index is 1.67. The Morgan fingerprint density at radius 3 is 1.88 bits per heavy atom. The van der Waals surface area contributed by atoms with E-state index in [4.69, 9.17) is 5.73 Å². The van der Waals surface area contributed by atoms with Crippen molar-refractivity contribution >= 4 is 0 Å². The Kier molecular flexibility index (Phi) is 3.23. The van der Waals surface area contributed by atoms with E-state index in [0.717, 1.165) is 48.0 Å². The Hall–Kier alpha value is -0.0400. The molecule has 0 heterocycles. The van der Waals surface area contributed by atoms with Crippen LogP contribution in [-0.2, 0) is 0 Å². The monoisotopic (exact) mass is 235 g/mol. The van der Waals surface area contributed by atoms with Crippen molar-refractivity contribution in [2.24, 2.45) is 47.2 Å². The van der Waals surface area contributed by atoms with Crippen molar-refractivity contribution in [2.75, 3.05) is 6.54 Å². The van der Waals surface area contributed by atoms with Gasteiger partial charge in [0.25, 0.3) is 0 Å². The van der Waals surface area contributed by atoms with Crippen LogP contribution in [0.15, 0.2) is 0 Å². The van der Waals surface area contributed by atoms with E-state index >= 15 is 0 Å². The Morgan fingerprint density at radius 1 is 0.941 bits per heavy atom. The lowest BCUT2D eigenvalue weighted by atomic mass is 9.50. The molecular formula is C16H29N. The summed E-state index contributed by atoms with van der Waals surface area (Å²) in [4.78, 5) is 0. The first-order chi connectivity index (χ1) is 8.17. The molecule has 0 aromatic carbocycles. The topological polar surface area (TPSA) is 26.0 Å². The summed E-state index contributed by atoms with van der Waals surface area (Å²) in [5.74, 6) is 6.99. The average Bonchev–Trinajstić information content (AvgIpc) is 2.27. The molecule has 1 nitrogen and oxygen atoms in total. The van der Waals surface area contributed by atoms with Gasteiger partial charge in [-0.05, 0) is 86.5 Å². The summed E-state index contributed by atoms with van der Waals surface area (Å²) in [5.41, 5.74) is 5.98. The molecule has 0 radical (unpaired) electrons. The molecule has 4 bridgehead atoms. The number of hydrogen-bond donors (Lipinski definition) is 1. The molecule has 4 fully saturated rings. The second kappa shape index (κ2) is 4.57. The van der Waals surface area contributed by atoms with Gasteiger partial charge in [0.2, 0.25) is 0 Å². The molecule has 2 N–H and O–H groups in total. The summed E-state index contributed by atoms with van der Waals surface area (Å²) in [6.07, 6.45) is 9.26. The van der Waals surface area contributed by atoms with Crippen LogP contribution in [-0.4, -0.2) is 6.54 Å². The van der Waals surface area contributed by atoms with Crippen LogP contribution >= 0.6 is 0 Å². The summed E-state index contributed by atoms with van der Waals surface area (Å²) >= 11 is 0. The van der Waals surface area contributed by atoms with Crippen molar-refractivity contribution in [3.05, 3.63) is 0 Å². The predicted molar refractivity (Wildman–Crippen MR) is 72.5 cm³/mol. The standard InChI is InChI=1S/C16H29N/c1-10(2)15(9-17)8-16-13-4-11-3-12(6-13)7-14(16)5-11/h10-16H,3-9,17H2,1-2H3. The highest BCUT2D eigenvalue weighted by Crippen LogP contribution is 2.58. The van der Waals surface area contributed by atoms with Crippen LogP contribution in [0.25, 0.3) is 0 Å². The lowest BCUT2D eigenvalue weighted by Crippen LogP contribution is -2.46. The molecule has 0 aromatic rings. The average molecular weight is 235 g/mol. The number of nitrogens with two attached hydrogens (primary N) is 1. The van der Waals surface area contributed by atoms with Crippen molar-refractivity contribution in [2.45, 2.75) is 52.4 Å². The maximum atomic E-state index is 5.98. The lowest BCUT2D eigenvalue weighted by molar-refractivity contribution is -0.0474. The molecule has 1 heteroatoms. The van der Waals surface area contributed by atoms with Crippen LogP contribution in [0, 0.1) is 41.4 Å². The van der Waals surface area contributed by atoms with Gasteiger partial charge in [-0.3, -0.25) is 0 Å². The molecular weight excluding hydrogens is 206 g/mol. The van der Waals surface area contributed by atoms with Crippen molar-refractivity contribution in [3.8, 4) is 0 Å². The van der Waals surface area contributed by atoms with Gasteiger partial charge in [0.05, 0.1) is 0 Å². The molecule has 0 saturated heterocycles. The summed E-state index contributed by atoms with van der Waals surface area (Å²) in [6.45, 7) is 5.61. The minimum atomic E-state index is 0.775. The molecule has 98 valence electrons. The van der Waals surface area contributed by atoms with Crippen LogP contribution in [0.4, 0.5) is 0 Å². The van der Waals surface area contributed by atoms with Gasteiger partial charge in [-0.25, -0.2) is 0 Å². The summed E-state index contributed by atoms with van der Waals surface area (Å²) in [6, 6.07) is 0. The Bertz CT molecular complexity index is 243. The largest absolute Gasteiger partial charge is 0.330 e. The summed E-state index contributed by atoms with van der Waals surface area (Å²) in [5, 5.41) is 0. The second-order valence-corrected chi connectivity index (χ2v) is 7.57. The van der Waals surface area contributed by atoms with E-state index in [2.05, 4.69) is 13.8 Å². The molecule has 4 aliphatic rings. The first-order valence-electron chi connectivity index (χ1n) is 7.87. The van der Waals surface area contributed by atoms with E-state index in [1.165, 1.54) is 6.42 Å². The normalized spacial score (nSPS) is 45.5. The first kappa shape index (κ1) is 12.0.